The Bertz CT molecular complexity index is 755. The summed E-state index contributed by atoms with van der Waals surface area (Å²) in [6.07, 6.45) is 0.806. The minimum atomic E-state index is -0.406. The van der Waals surface area contributed by atoms with Crippen LogP contribution in [0.25, 0.3) is 0 Å². The van der Waals surface area contributed by atoms with Gasteiger partial charge in [-0.2, -0.15) is 5.10 Å². The molecule has 1 atom stereocenters. The number of hydrogen-bond donors (Lipinski definition) is 1. The molecule has 1 heterocycles. The molecule has 118 valence electrons. The van der Waals surface area contributed by atoms with E-state index in [2.05, 4.69) is 5.10 Å². The standard InChI is InChI=1S/C18H18FN3O/c1-2-18(23)22-17(14-5-3-4-6-15(14)19)11-16(21-22)12-7-9-13(20)10-8-12/h3-10,17H,2,11,20H2,1H3. The number of carbonyl (C=O) groups is 1. The molecule has 1 unspecified atom stereocenters. The van der Waals surface area contributed by atoms with Crippen LogP contribution in [0.15, 0.2) is 53.6 Å². The summed E-state index contributed by atoms with van der Waals surface area (Å²) in [7, 11) is 0. The molecule has 1 aliphatic heterocycles. The highest BCUT2D eigenvalue weighted by Gasteiger charge is 2.33. The van der Waals surface area contributed by atoms with E-state index in [4.69, 9.17) is 5.73 Å². The van der Waals surface area contributed by atoms with Gasteiger partial charge in [-0.1, -0.05) is 37.3 Å². The molecule has 2 aromatic carbocycles. The Labute approximate surface area is 134 Å². The molecule has 0 fully saturated rings. The Kier molecular flexibility index (Phi) is 4.10. The van der Waals surface area contributed by atoms with E-state index in [1.54, 1.807) is 37.3 Å². The largest absolute Gasteiger partial charge is 0.399 e. The van der Waals surface area contributed by atoms with E-state index in [0.717, 1.165) is 11.3 Å². The predicted molar refractivity (Wildman–Crippen MR) is 88.3 cm³/mol. The summed E-state index contributed by atoms with van der Waals surface area (Å²) in [5.41, 5.74) is 8.52. The van der Waals surface area contributed by atoms with Crippen LogP contribution in [-0.2, 0) is 4.79 Å². The number of benzene rings is 2. The molecular weight excluding hydrogens is 293 g/mol. The van der Waals surface area contributed by atoms with E-state index in [9.17, 15) is 9.18 Å². The van der Waals surface area contributed by atoms with Crippen LogP contribution in [0, 0.1) is 5.82 Å². The fourth-order valence-corrected chi connectivity index (χ4v) is 2.74. The molecular formula is C18H18FN3O. The highest BCUT2D eigenvalue weighted by atomic mass is 19.1. The summed E-state index contributed by atoms with van der Waals surface area (Å²) in [6.45, 7) is 1.78. The average Bonchev–Trinajstić information content (AvgIpc) is 3.00. The Morgan fingerprint density at radius 2 is 1.96 bits per heavy atom. The first-order valence-corrected chi connectivity index (χ1v) is 7.60. The normalized spacial score (nSPS) is 17.2. The van der Waals surface area contributed by atoms with Crippen molar-refractivity contribution in [1.82, 2.24) is 5.01 Å². The van der Waals surface area contributed by atoms with E-state index in [-0.39, 0.29) is 11.7 Å². The summed E-state index contributed by atoms with van der Waals surface area (Å²) in [6, 6.07) is 13.4. The molecule has 0 spiro atoms. The number of carbonyl (C=O) groups excluding carboxylic acids is 1. The zero-order valence-corrected chi connectivity index (χ0v) is 12.9. The molecule has 1 aliphatic rings. The fraction of sp³-hybridized carbons (Fsp3) is 0.222. The Morgan fingerprint density at radius 1 is 1.26 bits per heavy atom. The van der Waals surface area contributed by atoms with Gasteiger partial charge in [-0.15, -0.1) is 0 Å². The molecule has 4 nitrogen and oxygen atoms in total. The van der Waals surface area contributed by atoms with Gasteiger partial charge in [0.25, 0.3) is 0 Å². The number of halogens is 1. The second kappa shape index (κ2) is 6.20. The van der Waals surface area contributed by atoms with Crippen molar-refractivity contribution in [3.05, 3.63) is 65.5 Å². The molecule has 2 N–H and O–H groups in total. The molecule has 2 aromatic rings. The lowest BCUT2D eigenvalue weighted by Crippen LogP contribution is -2.26. The van der Waals surface area contributed by atoms with E-state index in [0.29, 0.717) is 24.1 Å². The van der Waals surface area contributed by atoms with E-state index < -0.39 is 6.04 Å². The van der Waals surface area contributed by atoms with Gasteiger partial charge in [-0.3, -0.25) is 4.79 Å². The average molecular weight is 311 g/mol. The number of nitrogens with zero attached hydrogens (tertiary/aromatic N) is 2. The van der Waals surface area contributed by atoms with E-state index >= 15 is 0 Å². The first-order valence-electron chi connectivity index (χ1n) is 7.60. The topological polar surface area (TPSA) is 58.7 Å². The highest BCUT2D eigenvalue weighted by molar-refractivity contribution is 6.03. The van der Waals surface area contributed by atoms with Crippen molar-refractivity contribution in [3.63, 3.8) is 0 Å². The second-order valence-electron chi connectivity index (χ2n) is 5.50. The number of hydrogen-bond acceptors (Lipinski definition) is 3. The summed E-state index contributed by atoms with van der Waals surface area (Å²) in [5.74, 6) is -0.441. The first kappa shape index (κ1) is 15.2. The van der Waals surface area contributed by atoms with Crippen LogP contribution in [0.4, 0.5) is 10.1 Å². The molecule has 3 rings (SSSR count). The number of anilines is 1. The van der Waals surface area contributed by atoms with Crippen molar-refractivity contribution >= 4 is 17.3 Å². The number of rotatable bonds is 3. The number of hydrazone groups is 1. The van der Waals surface area contributed by atoms with Gasteiger partial charge in [0.1, 0.15) is 5.82 Å². The quantitative estimate of drug-likeness (QED) is 0.882. The summed E-state index contributed by atoms with van der Waals surface area (Å²) < 4.78 is 14.2. The number of nitrogens with two attached hydrogens (primary N) is 1. The summed E-state index contributed by atoms with van der Waals surface area (Å²) in [5, 5.41) is 5.86. The lowest BCUT2D eigenvalue weighted by Gasteiger charge is -2.21. The molecule has 0 saturated carbocycles. The van der Waals surface area contributed by atoms with Crippen molar-refractivity contribution in [2.75, 3.05) is 5.73 Å². The van der Waals surface area contributed by atoms with Crippen LogP contribution in [0.2, 0.25) is 0 Å². The maximum atomic E-state index is 14.2. The van der Waals surface area contributed by atoms with Gasteiger partial charge in [0.2, 0.25) is 5.91 Å². The molecule has 0 saturated heterocycles. The van der Waals surface area contributed by atoms with Gasteiger partial charge in [0, 0.05) is 24.1 Å². The first-order chi connectivity index (χ1) is 11.1. The summed E-state index contributed by atoms with van der Waals surface area (Å²) in [4.78, 5) is 12.2. The van der Waals surface area contributed by atoms with Crippen LogP contribution in [0.5, 0.6) is 0 Å². The minimum absolute atomic E-state index is 0.122. The van der Waals surface area contributed by atoms with Crippen molar-refractivity contribution in [1.29, 1.82) is 0 Å². The molecule has 23 heavy (non-hydrogen) atoms. The zero-order chi connectivity index (χ0) is 16.4. The van der Waals surface area contributed by atoms with Gasteiger partial charge in [-0.05, 0) is 23.8 Å². The Hall–Kier alpha value is -2.69. The Balaban J connectivity index is 1.97. The molecule has 0 radical (unpaired) electrons. The van der Waals surface area contributed by atoms with E-state index in [1.165, 1.54) is 11.1 Å². The van der Waals surface area contributed by atoms with Crippen molar-refractivity contribution < 1.29 is 9.18 Å². The molecule has 1 amide bonds. The van der Waals surface area contributed by atoms with Crippen molar-refractivity contribution in [2.24, 2.45) is 5.10 Å². The van der Waals surface area contributed by atoms with Gasteiger partial charge in [0.05, 0.1) is 11.8 Å². The van der Waals surface area contributed by atoms with Gasteiger partial charge in [-0.25, -0.2) is 9.40 Å². The van der Waals surface area contributed by atoms with Crippen LogP contribution >= 0.6 is 0 Å². The summed E-state index contributed by atoms with van der Waals surface area (Å²) >= 11 is 0. The lowest BCUT2D eigenvalue weighted by atomic mass is 9.98. The predicted octanol–water partition coefficient (Wildman–Crippen LogP) is 3.50. The maximum absolute atomic E-state index is 14.2. The minimum Gasteiger partial charge on any atom is -0.399 e. The van der Waals surface area contributed by atoms with Crippen molar-refractivity contribution in [2.45, 2.75) is 25.8 Å². The third kappa shape index (κ3) is 2.95. The van der Waals surface area contributed by atoms with Gasteiger partial charge < -0.3 is 5.73 Å². The molecule has 0 aromatic heterocycles. The molecule has 0 aliphatic carbocycles. The van der Waals surface area contributed by atoms with Gasteiger partial charge in [0.15, 0.2) is 0 Å². The molecule has 0 bridgehead atoms. The maximum Gasteiger partial charge on any atom is 0.242 e. The smallest absolute Gasteiger partial charge is 0.242 e. The fourth-order valence-electron chi connectivity index (χ4n) is 2.74. The number of nitrogen functional groups attached to an aromatic ring is 1. The zero-order valence-electron chi connectivity index (χ0n) is 12.9. The lowest BCUT2D eigenvalue weighted by molar-refractivity contribution is -0.132. The third-order valence-electron chi connectivity index (χ3n) is 3.98. The van der Waals surface area contributed by atoms with Crippen LogP contribution in [0.1, 0.15) is 36.9 Å². The second-order valence-corrected chi connectivity index (χ2v) is 5.50. The molecule has 5 heteroatoms. The van der Waals surface area contributed by atoms with Crippen LogP contribution < -0.4 is 5.73 Å². The van der Waals surface area contributed by atoms with E-state index in [1.807, 2.05) is 12.1 Å². The van der Waals surface area contributed by atoms with Crippen LogP contribution in [0.3, 0.4) is 0 Å². The highest BCUT2D eigenvalue weighted by Crippen LogP contribution is 2.34. The SMILES string of the molecule is CCC(=O)N1N=C(c2ccc(N)cc2)CC1c1ccccc1F. The third-order valence-corrected chi connectivity index (χ3v) is 3.98. The van der Waals surface area contributed by atoms with Gasteiger partial charge >= 0.3 is 0 Å². The monoisotopic (exact) mass is 311 g/mol. The van der Waals surface area contributed by atoms with Crippen molar-refractivity contribution in [3.8, 4) is 0 Å². The van der Waals surface area contributed by atoms with Crippen LogP contribution in [-0.4, -0.2) is 16.6 Å². The number of amides is 1. The Morgan fingerprint density at radius 3 is 2.61 bits per heavy atom.